The Morgan fingerprint density at radius 3 is 2.50 bits per heavy atom. The highest BCUT2D eigenvalue weighted by atomic mass is 35.5. The molecule has 0 spiro atoms. The Bertz CT molecular complexity index is 1120. The number of carbonyl (C=O) groups is 1. The lowest BCUT2D eigenvalue weighted by Crippen LogP contribution is -2.20. The van der Waals surface area contributed by atoms with Crippen LogP contribution >= 0.6 is 24.2 Å². The van der Waals surface area contributed by atoms with Crippen LogP contribution in [0.2, 0.25) is 5.02 Å². The topological polar surface area (TPSA) is 128 Å². The molecule has 0 saturated heterocycles. The van der Waals surface area contributed by atoms with Gasteiger partial charge in [-0.25, -0.2) is 14.3 Å². The molecule has 3 rings (SSSR count). The number of halogens is 2. The van der Waals surface area contributed by atoms with Crippen LogP contribution in [0.15, 0.2) is 44.4 Å². The second kappa shape index (κ2) is 9.92. The molecule has 7 nitrogen and oxygen atoms in total. The zero-order chi connectivity index (χ0) is 22.6. The number of amides is 1. The molecule has 160 valence electrons. The van der Waals surface area contributed by atoms with E-state index in [2.05, 4.69) is 22.8 Å². The van der Waals surface area contributed by atoms with Gasteiger partial charge in [-0.05, 0) is 54.8 Å². The summed E-state index contributed by atoms with van der Waals surface area (Å²) in [7, 11) is 0. The van der Waals surface area contributed by atoms with Crippen molar-refractivity contribution in [1.82, 2.24) is 10.2 Å². The van der Waals surface area contributed by atoms with Crippen LogP contribution in [0.3, 0.4) is 0 Å². The minimum absolute atomic E-state index is 0.0813. The van der Waals surface area contributed by atoms with Gasteiger partial charge in [-0.15, -0.1) is 17.7 Å². The molecule has 0 aliphatic heterocycles. The van der Waals surface area contributed by atoms with Crippen molar-refractivity contribution in [3.8, 4) is 0 Å². The van der Waals surface area contributed by atoms with Crippen LogP contribution in [0, 0.1) is 19.7 Å². The Balaban J connectivity index is 0.000000248. The first-order valence-electron chi connectivity index (χ1n) is 8.87. The van der Waals surface area contributed by atoms with Gasteiger partial charge in [0.1, 0.15) is 5.82 Å². The maximum atomic E-state index is 14.0. The highest BCUT2D eigenvalue weighted by Gasteiger charge is 2.25. The van der Waals surface area contributed by atoms with E-state index in [9.17, 15) is 14.0 Å². The van der Waals surface area contributed by atoms with Crippen molar-refractivity contribution < 1.29 is 13.6 Å². The molecule has 0 fully saturated rings. The van der Waals surface area contributed by atoms with Gasteiger partial charge in [-0.3, -0.25) is 4.79 Å². The van der Waals surface area contributed by atoms with Crippen molar-refractivity contribution in [2.45, 2.75) is 37.6 Å². The van der Waals surface area contributed by atoms with E-state index >= 15 is 0 Å². The lowest BCUT2D eigenvalue weighted by molar-refractivity contribution is 0.0997. The number of aromatic nitrogens is 2. The number of hydrogen-bond donors (Lipinski definition) is 4. The Morgan fingerprint density at radius 2 is 1.97 bits per heavy atom. The molecule has 10 heteroatoms. The van der Waals surface area contributed by atoms with Crippen LogP contribution in [0.5, 0.6) is 0 Å². The highest BCUT2D eigenvalue weighted by Crippen LogP contribution is 2.32. The molecule has 5 N–H and O–H groups in total. The summed E-state index contributed by atoms with van der Waals surface area (Å²) in [6, 6.07) is 7.23. The summed E-state index contributed by atoms with van der Waals surface area (Å²) in [5.41, 5.74) is 13.7. The number of aryl methyl sites for hydroxylation is 1. The molecule has 1 amide bonds. The van der Waals surface area contributed by atoms with Crippen LogP contribution in [-0.2, 0) is 0 Å². The molecule has 0 aliphatic carbocycles. The molecule has 1 aromatic heterocycles. The van der Waals surface area contributed by atoms with Crippen molar-refractivity contribution in [2.24, 2.45) is 11.5 Å². The van der Waals surface area contributed by atoms with E-state index in [1.807, 2.05) is 13.8 Å². The number of primary amides is 1. The monoisotopic (exact) mass is 452 g/mol. The first-order chi connectivity index (χ1) is 14.0. The zero-order valence-corrected chi connectivity index (χ0v) is 18.2. The molecule has 0 saturated carbocycles. The van der Waals surface area contributed by atoms with E-state index in [0.29, 0.717) is 21.0 Å². The zero-order valence-electron chi connectivity index (χ0n) is 16.6. The summed E-state index contributed by atoms with van der Waals surface area (Å²) in [4.78, 5) is 22.2. The third-order valence-corrected chi connectivity index (χ3v) is 5.32. The number of carbonyl (C=O) groups excluding carboxylic acids is 1. The number of nitrogens with zero attached hydrogens (tertiary/aromatic N) is 1. The van der Waals surface area contributed by atoms with Gasteiger partial charge in [0.2, 0.25) is 11.8 Å². The minimum Gasteiger partial charge on any atom is -0.391 e. The third kappa shape index (κ3) is 5.50. The number of H-pyrrole nitrogens is 1. The summed E-state index contributed by atoms with van der Waals surface area (Å²) in [6.45, 7) is 5.53. The molecule has 30 heavy (non-hydrogen) atoms. The van der Waals surface area contributed by atoms with Crippen LogP contribution < -0.4 is 17.2 Å². The quantitative estimate of drug-likeness (QED) is 0.449. The summed E-state index contributed by atoms with van der Waals surface area (Å²) < 4.78 is 18.8. The Morgan fingerprint density at radius 1 is 1.30 bits per heavy atom. The molecule has 1 heterocycles. The summed E-state index contributed by atoms with van der Waals surface area (Å²) in [6.07, 6.45) is 0. The number of aromatic amines is 1. The van der Waals surface area contributed by atoms with Gasteiger partial charge in [0.25, 0.3) is 0 Å². The minimum atomic E-state index is -0.686. The SMILES string of the molecule is Cc1ccc(F)c(C(C)C(N)c2n[nH]c(=O)o2)c1C.NC(=O)c1cc(Cl)ccc1S. The Kier molecular flexibility index (Phi) is 7.83. The van der Waals surface area contributed by atoms with Crippen molar-refractivity contribution >= 4 is 30.1 Å². The highest BCUT2D eigenvalue weighted by molar-refractivity contribution is 7.80. The number of benzene rings is 2. The van der Waals surface area contributed by atoms with E-state index in [1.54, 1.807) is 25.1 Å². The Labute approximate surface area is 183 Å². The first kappa shape index (κ1) is 23.7. The van der Waals surface area contributed by atoms with Gasteiger partial charge in [-0.1, -0.05) is 24.6 Å². The van der Waals surface area contributed by atoms with Gasteiger partial charge >= 0.3 is 5.76 Å². The van der Waals surface area contributed by atoms with Gasteiger partial charge < -0.3 is 15.9 Å². The molecule has 0 aliphatic rings. The number of thiol groups is 1. The smallest absolute Gasteiger partial charge is 0.391 e. The van der Waals surface area contributed by atoms with Crippen molar-refractivity contribution in [2.75, 3.05) is 0 Å². The molecular weight excluding hydrogens is 431 g/mol. The first-order valence-corrected chi connectivity index (χ1v) is 9.70. The second-order valence-electron chi connectivity index (χ2n) is 6.69. The normalized spacial score (nSPS) is 12.6. The maximum absolute atomic E-state index is 14.0. The van der Waals surface area contributed by atoms with Crippen LogP contribution in [0.4, 0.5) is 4.39 Å². The van der Waals surface area contributed by atoms with Crippen molar-refractivity contribution in [3.63, 3.8) is 0 Å². The van der Waals surface area contributed by atoms with Crippen molar-refractivity contribution in [1.29, 1.82) is 0 Å². The average Bonchev–Trinajstić information content (AvgIpc) is 3.13. The summed E-state index contributed by atoms with van der Waals surface area (Å²) in [5.74, 6) is -1.77. The largest absolute Gasteiger partial charge is 0.434 e. The fourth-order valence-electron chi connectivity index (χ4n) is 2.85. The summed E-state index contributed by atoms with van der Waals surface area (Å²) in [5, 5.41) is 6.33. The van der Waals surface area contributed by atoms with Crippen LogP contribution in [0.1, 0.15) is 51.8 Å². The van der Waals surface area contributed by atoms with Crippen LogP contribution in [0.25, 0.3) is 0 Å². The number of hydrogen-bond acceptors (Lipinski definition) is 6. The number of nitrogens with one attached hydrogen (secondary N) is 1. The third-order valence-electron chi connectivity index (χ3n) is 4.69. The molecule has 0 bridgehead atoms. The van der Waals surface area contributed by atoms with Gasteiger partial charge in [-0.2, -0.15) is 0 Å². The van der Waals surface area contributed by atoms with Crippen LogP contribution in [-0.4, -0.2) is 16.1 Å². The number of nitrogens with two attached hydrogens (primary N) is 2. The van der Waals surface area contributed by atoms with E-state index in [4.69, 9.17) is 27.5 Å². The lowest BCUT2D eigenvalue weighted by Gasteiger charge is -2.20. The molecular formula is C20H22ClFN4O3S. The predicted octanol–water partition coefficient (Wildman–Crippen LogP) is 3.65. The average molecular weight is 453 g/mol. The van der Waals surface area contributed by atoms with E-state index in [1.165, 1.54) is 12.1 Å². The molecule has 3 aromatic rings. The van der Waals surface area contributed by atoms with E-state index in [0.717, 1.165) is 11.1 Å². The molecule has 0 radical (unpaired) electrons. The predicted molar refractivity (Wildman–Crippen MR) is 116 cm³/mol. The summed E-state index contributed by atoms with van der Waals surface area (Å²) >= 11 is 9.64. The van der Waals surface area contributed by atoms with Crippen molar-refractivity contribution in [3.05, 3.63) is 79.9 Å². The second-order valence-corrected chi connectivity index (χ2v) is 7.61. The number of rotatable bonds is 4. The van der Waals surface area contributed by atoms with E-state index < -0.39 is 17.7 Å². The molecule has 2 atom stereocenters. The van der Waals surface area contributed by atoms with Gasteiger partial charge in [0.05, 0.1) is 11.6 Å². The van der Waals surface area contributed by atoms with Gasteiger partial charge in [0, 0.05) is 15.8 Å². The molecule has 2 aromatic carbocycles. The maximum Gasteiger partial charge on any atom is 0.434 e. The standard InChI is InChI=1S/C13H16FN3O2.C7H6ClNOS/c1-6-4-5-9(14)10(7(6)2)8(3)11(15)12-16-17-13(18)19-12;8-4-1-2-6(11)5(3-4)7(9)10/h4-5,8,11H,15H2,1-3H3,(H,17,18);1-3,11H,(H2,9,10). The fraction of sp³-hybridized carbons (Fsp3) is 0.250. The Hall–Kier alpha value is -2.62. The fourth-order valence-corrected chi connectivity index (χ4v) is 3.27. The molecule has 2 unspecified atom stereocenters. The lowest BCUT2D eigenvalue weighted by atomic mass is 9.88. The van der Waals surface area contributed by atoms with Gasteiger partial charge in [0.15, 0.2) is 0 Å². The van der Waals surface area contributed by atoms with E-state index in [-0.39, 0.29) is 17.6 Å².